The Bertz CT molecular complexity index is 983. The molecule has 1 aliphatic carbocycles. The summed E-state index contributed by atoms with van der Waals surface area (Å²) in [5.41, 5.74) is 0.963. The van der Waals surface area contributed by atoms with Crippen molar-refractivity contribution >= 4 is 45.4 Å². The molecule has 0 N–H and O–H groups in total. The second-order valence-corrected chi connectivity index (χ2v) is 8.92. The first-order valence-corrected chi connectivity index (χ1v) is 12.0. The van der Waals surface area contributed by atoms with Gasteiger partial charge in [-0.15, -0.1) is 0 Å². The SMILES string of the molecule is CCOC(=O)C1=C(Br)C(=O)N(c2ccc(C(=O)OCC)cc2CN(C)C2CCCCC2)C1=O. The number of halogens is 1. The molecule has 0 saturated heterocycles. The molecule has 0 bridgehead atoms. The van der Waals surface area contributed by atoms with Crippen LogP contribution in [0.1, 0.15) is 61.9 Å². The topological polar surface area (TPSA) is 93.2 Å². The fourth-order valence-electron chi connectivity index (χ4n) is 4.29. The summed E-state index contributed by atoms with van der Waals surface area (Å²) in [6.45, 7) is 4.09. The van der Waals surface area contributed by atoms with Crippen molar-refractivity contribution in [1.82, 2.24) is 4.90 Å². The largest absolute Gasteiger partial charge is 0.462 e. The molecule has 178 valence electrons. The maximum atomic E-state index is 13.1. The molecule has 0 atom stereocenters. The van der Waals surface area contributed by atoms with Crippen LogP contribution in [0.3, 0.4) is 0 Å². The van der Waals surface area contributed by atoms with E-state index in [9.17, 15) is 19.2 Å². The third-order valence-electron chi connectivity index (χ3n) is 5.96. The Kier molecular flexibility index (Phi) is 8.42. The van der Waals surface area contributed by atoms with Gasteiger partial charge in [-0.25, -0.2) is 14.5 Å². The van der Waals surface area contributed by atoms with Gasteiger partial charge in [0.15, 0.2) is 0 Å². The van der Waals surface area contributed by atoms with Crippen LogP contribution in [0, 0.1) is 0 Å². The van der Waals surface area contributed by atoms with Crippen molar-refractivity contribution in [3.63, 3.8) is 0 Å². The van der Waals surface area contributed by atoms with Crippen molar-refractivity contribution < 1.29 is 28.7 Å². The van der Waals surface area contributed by atoms with E-state index in [0.717, 1.165) is 30.6 Å². The Morgan fingerprint density at radius 1 is 1.03 bits per heavy atom. The van der Waals surface area contributed by atoms with E-state index in [4.69, 9.17) is 9.47 Å². The molecule has 2 aliphatic rings. The Morgan fingerprint density at radius 2 is 1.67 bits per heavy atom. The van der Waals surface area contributed by atoms with Crippen molar-refractivity contribution in [2.45, 2.75) is 58.5 Å². The predicted octanol–water partition coefficient (Wildman–Crippen LogP) is 3.71. The van der Waals surface area contributed by atoms with Crippen molar-refractivity contribution in [2.24, 2.45) is 0 Å². The van der Waals surface area contributed by atoms with Crippen molar-refractivity contribution in [1.29, 1.82) is 0 Å². The van der Waals surface area contributed by atoms with Gasteiger partial charge in [0.05, 0.1) is 24.5 Å². The summed E-state index contributed by atoms with van der Waals surface area (Å²) in [6, 6.07) is 5.11. The number of benzene rings is 1. The fourth-order valence-corrected chi connectivity index (χ4v) is 4.80. The van der Waals surface area contributed by atoms with E-state index in [1.807, 2.05) is 7.05 Å². The molecule has 9 heteroatoms. The van der Waals surface area contributed by atoms with Gasteiger partial charge >= 0.3 is 11.9 Å². The zero-order chi connectivity index (χ0) is 24.1. The van der Waals surface area contributed by atoms with E-state index >= 15 is 0 Å². The number of amides is 2. The Hall–Kier alpha value is -2.52. The van der Waals surface area contributed by atoms with E-state index in [1.165, 1.54) is 12.5 Å². The summed E-state index contributed by atoms with van der Waals surface area (Å²) < 4.78 is 9.95. The van der Waals surface area contributed by atoms with E-state index < -0.39 is 23.8 Å². The lowest BCUT2D eigenvalue weighted by atomic mass is 9.94. The number of esters is 2. The van der Waals surface area contributed by atoms with Gasteiger partial charge < -0.3 is 9.47 Å². The van der Waals surface area contributed by atoms with Crippen LogP contribution in [0.15, 0.2) is 28.3 Å². The minimum absolute atomic E-state index is 0.0791. The molecule has 0 spiro atoms. The zero-order valence-electron chi connectivity index (χ0n) is 19.2. The summed E-state index contributed by atoms with van der Waals surface area (Å²) in [6.07, 6.45) is 5.69. The fraction of sp³-hybridized carbons (Fsp3) is 0.500. The molecule has 0 radical (unpaired) electrons. The number of imide groups is 1. The second kappa shape index (κ2) is 11.1. The first kappa shape index (κ1) is 25.1. The summed E-state index contributed by atoms with van der Waals surface area (Å²) >= 11 is 3.10. The first-order valence-electron chi connectivity index (χ1n) is 11.3. The number of anilines is 1. The highest BCUT2D eigenvalue weighted by atomic mass is 79.9. The summed E-state index contributed by atoms with van der Waals surface area (Å²) in [4.78, 5) is 53.9. The monoisotopic (exact) mass is 520 g/mol. The van der Waals surface area contributed by atoms with Crippen LogP contribution < -0.4 is 4.90 Å². The average Bonchev–Trinajstić information content (AvgIpc) is 3.02. The highest BCUT2D eigenvalue weighted by Crippen LogP contribution is 2.35. The molecule has 0 unspecified atom stereocenters. The number of carbonyl (C=O) groups excluding carboxylic acids is 4. The quantitative estimate of drug-likeness (QED) is 0.293. The number of carbonyl (C=O) groups is 4. The molecule has 1 aliphatic heterocycles. The second-order valence-electron chi connectivity index (χ2n) is 8.13. The van der Waals surface area contributed by atoms with E-state index in [0.29, 0.717) is 29.4 Å². The van der Waals surface area contributed by atoms with Crippen molar-refractivity contribution in [3.8, 4) is 0 Å². The van der Waals surface area contributed by atoms with Gasteiger partial charge in [0.2, 0.25) is 0 Å². The normalized spacial score (nSPS) is 17.2. The minimum atomic E-state index is -0.853. The lowest BCUT2D eigenvalue weighted by Crippen LogP contribution is -2.36. The van der Waals surface area contributed by atoms with Gasteiger partial charge in [0, 0.05) is 12.6 Å². The van der Waals surface area contributed by atoms with Crippen LogP contribution in [-0.2, 0) is 30.4 Å². The molecule has 33 heavy (non-hydrogen) atoms. The zero-order valence-corrected chi connectivity index (χ0v) is 20.8. The van der Waals surface area contributed by atoms with Crippen molar-refractivity contribution in [2.75, 3.05) is 25.2 Å². The molecule has 1 heterocycles. The third-order valence-corrected chi connectivity index (χ3v) is 6.69. The smallest absolute Gasteiger partial charge is 0.345 e. The summed E-state index contributed by atoms with van der Waals surface area (Å²) in [5, 5.41) is 0. The van der Waals surface area contributed by atoms with Crippen LogP contribution in [0.25, 0.3) is 0 Å². The van der Waals surface area contributed by atoms with Crippen LogP contribution in [0.5, 0.6) is 0 Å². The van der Waals surface area contributed by atoms with Crippen LogP contribution in [0.2, 0.25) is 0 Å². The molecule has 1 aromatic rings. The summed E-state index contributed by atoms with van der Waals surface area (Å²) in [7, 11) is 2.00. The maximum absolute atomic E-state index is 13.1. The standard InChI is InChI=1S/C24H29BrN2O6/c1-4-32-23(30)15-11-12-18(16(13-15)14-26(3)17-9-7-6-8-10-17)27-21(28)19(20(25)22(27)29)24(31)33-5-2/h11-13,17H,4-10,14H2,1-3H3. The number of ether oxygens (including phenoxy) is 2. The van der Waals surface area contributed by atoms with E-state index in [2.05, 4.69) is 20.8 Å². The molecular weight excluding hydrogens is 492 g/mol. The Morgan fingerprint density at radius 3 is 2.30 bits per heavy atom. The molecule has 8 nitrogen and oxygen atoms in total. The lowest BCUT2D eigenvalue weighted by Gasteiger charge is -2.32. The highest BCUT2D eigenvalue weighted by Gasteiger charge is 2.43. The van der Waals surface area contributed by atoms with Gasteiger partial charge in [0.1, 0.15) is 10.1 Å². The van der Waals surface area contributed by atoms with E-state index in [-0.39, 0.29) is 23.3 Å². The molecule has 1 fully saturated rings. The molecule has 1 aromatic carbocycles. The molecule has 3 rings (SSSR count). The maximum Gasteiger partial charge on any atom is 0.345 e. The van der Waals surface area contributed by atoms with Gasteiger partial charge in [-0.2, -0.15) is 0 Å². The molecule has 0 aromatic heterocycles. The van der Waals surface area contributed by atoms with Crippen LogP contribution in [-0.4, -0.2) is 55.0 Å². The minimum Gasteiger partial charge on any atom is -0.462 e. The highest BCUT2D eigenvalue weighted by molar-refractivity contribution is 9.12. The van der Waals surface area contributed by atoms with Crippen LogP contribution >= 0.6 is 15.9 Å². The molecular formula is C24H29BrN2O6. The first-order chi connectivity index (χ1) is 15.8. The van der Waals surface area contributed by atoms with Crippen molar-refractivity contribution in [3.05, 3.63) is 39.4 Å². The number of nitrogens with zero attached hydrogens (tertiary/aromatic N) is 2. The lowest BCUT2D eigenvalue weighted by molar-refractivity contribution is -0.139. The van der Waals surface area contributed by atoms with Crippen LogP contribution in [0.4, 0.5) is 5.69 Å². The van der Waals surface area contributed by atoms with Gasteiger partial charge in [-0.1, -0.05) is 19.3 Å². The number of rotatable bonds is 8. The Labute approximate surface area is 202 Å². The van der Waals surface area contributed by atoms with Gasteiger partial charge in [-0.3, -0.25) is 14.5 Å². The van der Waals surface area contributed by atoms with E-state index in [1.54, 1.807) is 26.0 Å². The predicted molar refractivity (Wildman–Crippen MR) is 126 cm³/mol. The molecule has 2 amide bonds. The van der Waals surface area contributed by atoms with Gasteiger partial charge in [0.25, 0.3) is 11.8 Å². The third kappa shape index (κ3) is 5.35. The van der Waals surface area contributed by atoms with Gasteiger partial charge in [-0.05, 0) is 73.4 Å². The number of hydrogen-bond acceptors (Lipinski definition) is 7. The average molecular weight is 521 g/mol. The number of hydrogen-bond donors (Lipinski definition) is 0. The Balaban J connectivity index is 1.98. The molecule has 1 saturated carbocycles. The summed E-state index contributed by atoms with van der Waals surface area (Å²) in [5.74, 6) is -2.73.